The average molecular weight is 234 g/mol. The Morgan fingerprint density at radius 2 is 1.88 bits per heavy atom. The predicted molar refractivity (Wildman–Crippen MR) is 76.3 cm³/mol. The lowest BCUT2D eigenvalue weighted by Gasteiger charge is -2.32. The molecule has 0 amide bonds. The Kier molecular flexibility index (Phi) is 5.46. The van der Waals surface area contributed by atoms with Gasteiger partial charge in [-0.15, -0.1) is 0 Å². The summed E-state index contributed by atoms with van der Waals surface area (Å²) in [5, 5.41) is 0. The van der Waals surface area contributed by atoms with Crippen molar-refractivity contribution < 1.29 is 0 Å². The molecular weight excluding hydrogens is 208 g/mol. The van der Waals surface area contributed by atoms with Gasteiger partial charge in [-0.2, -0.15) is 0 Å². The fraction of sp³-hybridized carbons (Fsp3) is 0.667. The largest absolute Gasteiger partial charge is 0.369 e. The summed E-state index contributed by atoms with van der Waals surface area (Å²) in [6.45, 7) is 13.6. The van der Waals surface area contributed by atoms with Gasteiger partial charge in [-0.25, -0.2) is 0 Å². The summed E-state index contributed by atoms with van der Waals surface area (Å²) in [6.07, 6.45) is 7.30. The lowest BCUT2D eigenvalue weighted by Crippen LogP contribution is -2.32. The molecule has 0 spiro atoms. The number of rotatable bonds is 5. The first-order chi connectivity index (χ1) is 8.06. The monoisotopic (exact) mass is 234 g/mol. The predicted octanol–water partition coefficient (Wildman–Crippen LogP) is 4.15. The van der Waals surface area contributed by atoms with Crippen LogP contribution in [0.1, 0.15) is 53.4 Å². The number of hydrogen-bond donors (Lipinski definition) is 0. The quantitative estimate of drug-likeness (QED) is 0.515. The van der Waals surface area contributed by atoms with Gasteiger partial charge in [-0.05, 0) is 46.1 Å². The minimum absolute atomic E-state index is 0.697. The van der Waals surface area contributed by atoms with Crippen molar-refractivity contribution in [3.63, 3.8) is 0 Å². The van der Waals surface area contributed by atoms with E-state index < -0.39 is 0 Å². The zero-order valence-corrected chi connectivity index (χ0v) is 11.8. The maximum Gasteiger partial charge on any atom is 0.0340 e. The van der Waals surface area contributed by atoms with E-state index in [4.69, 9.17) is 0 Å². The molecule has 96 valence electrons. The zero-order valence-electron chi connectivity index (χ0n) is 11.8. The highest BCUT2D eigenvalue weighted by Gasteiger charge is 2.22. The van der Waals surface area contributed by atoms with Crippen molar-refractivity contribution >= 4 is 5.71 Å². The summed E-state index contributed by atoms with van der Waals surface area (Å²) >= 11 is 0. The van der Waals surface area contributed by atoms with Crippen LogP contribution in [0.15, 0.2) is 29.0 Å². The van der Waals surface area contributed by atoms with E-state index >= 15 is 0 Å². The normalized spacial score (nSPS) is 17.1. The number of allylic oxidation sites excluding steroid dienone is 1. The van der Waals surface area contributed by atoms with Crippen molar-refractivity contribution in [3.8, 4) is 0 Å². The SMILES string of the molecule is C=C(/C(C)=C\N=C(C)C)N(CC)C1CCCC1. The van der Waals surface area contributed by atoms with E-state index in [0.29, 0.717) is 6.04 Å². The Hall–Kier alpha value is -1.05. The molecule has 0 aromatic rings. The molecule has 0 saturated heterocycles. The summed E-state index contributed by atoms with van der Waals surface area (Å²) in [5.74, 6) is 0. The van der Waals surface area contributed by atoms with Gasteiger partial charge in [0.25, 0.3) is 0 Å². The Bertz CT molecular complexity index is 316. The molecule has 2 nitrogen and oxygen atoms in total. The molecule has 1 aliphatic carbocycles. The van der Waals surface area contributed by atoms with Crippen LogP contribution >= 0.6 is 0 Å². The van der Waals surface area contributed by atoms with Gasteiger partial charge in [0.05, 0.1) is 0 Å². The van der Waals surface area contributed by atoms with Crippen molar-refractivity contribution in [3.05, 3.63) is 24.0 Å². The van der Waals surface area contributed by atoms with E-state index in [1.165, 1.54) is 31.3 Å². The van der Waals surface area contributed by atoms with E-state index in [-0.39, 0.29) is 0 Å². The minimum atomic E-state index is 0.697. The van der Waals surface area contributed by atoms with Crippen LogP contribution in [0.5, 0.6) is 0 Å². The van der Waals surface area contributed by atoms with E-state index in [1.54, 1.807) is 0 Å². The molecule has 1 saturated carbocycles. The fourth-order valence-electron chi connectivity index (χ4n) is 2.41. The van der Waals surface area contributed by atoms with Crippen LogP contribution < -0.4 is 0 Å². The van der Waals surface area contributed by atoms with Crippen molar-refractivity contribution in [2.75, 3.05) is 6.54 Å². The number of likely N-dealkylation sites (N-methyl/N-ethyl adjacent to an activating group) is 1. The molecule has 2 heteroatoms. The highest BCUT2D eigenvalue weighted by Crippen LogP contribution is 2.27. The lowest BCUT2D eigenvalue weighted by molar-refractivity contribution is 0.273. The summed E-state index contributed by atoms with van der Waals surface area (Å²) in [7, 11) is 0. The first kappa shape index (κ1) is 14.0. The molecule has 0 aromatic heterocycles. The molecule has 0 atom stereocenters. The van der Waals surface area contributed by atoms with Crippen LogP contribution in [0.3, 0.4) is 0 Å². The third-order valence-electron chi connectivity index (χ3n) is 3.42. The van der Waals surface area contributed by atoms with Crippen molar-refractivity contribution in [2.24, 2.45) is 4.99 Å². The van der Waals surface area contributed by atoms with Crippen LogP contribution in [0, 0.1) is 0 Å². The van der Waals surface area contributed by atoms with Crippen molar-refractivity contribution in [1.29, 1.82) is 0 Å². The number of hydrogen-bond acceptors (Lipinski definition) is 2. The molecule has 0 bridgehead atoms. The Morgan fingerprint density at radius 1 is 1.29 bits per heavy atom. The average Bonchev–Trinajstić information content (AvgIpc) is 2.80. The van der Waals surface area contributed by atoms with Crippen LogP contribution in [0.25, 0.3) is 0 Å². The molecule has 0 aliphatic heterocycles. The van der Waals surface area contributed by atoms with Gasteiger partial charge >= 0.3 is 0 Å². The highest BCUT2D eigenvalue weighted by molar-refractivity contribution is 5.79. The third kappa shape index (κ3) is 4.03. The molecular formula is C15H26N2. The third-order valence-corrected chi connectivity index (χ3v) is 3.42. The topological polar surface area (TPSA) is 15.6 Å². The second-order valence-electron chi connectivity index (χ2n) is 5.06. The standard InChI is InChI=1S/C15H26N2/c1-6-17(15-9-7-8-10-15)14(5)13(4)11-16-12(2)3/h11,15H,5-10H2,1-4H3/b13-11-. The molecule has 17 heavy (non-hydrogen) atoms. The smallest absolute Gasteiger partial charge is 0.0340 e. The van der Waals surface area contributed by atoms with Gasteiger partial charge < -0.3 is 4.90 Å². The van der Waals surface area contributed by atoms with Gasteiger partial charge in [-0.1, -0.05) is 19.4 Å². The van der Waals surface area contributed by atoms with E-state index in [2.05, 4.69) is 30.3 Å². The van der Waals surface area contributed by atoms with Crippen molar-refractivity contribution in [2.45, 2.75) is 59.4 Å². The summed E-state index contributed by atoms with van der Waals surface area (Å²) < 4.78 is 0. The van der Waals surface area contributed by atoms with Crippen molar-refractivity contribution in [1.82, 2.24) is 4.90 Å². The van der Waals surface area contributed by atoms with E-state index in [1.807, 2.05) is 20.0 Å². The van der Waals surface area contributed by atoms with E-state index in [9.17, 15) is 0 Å². The summed E-state index contributed by atoms with van der Waals surface area (Å²) in [5.41, 5.74) is 3.41. The summed E-state index contributed by atoms with van der Waals surface area (Å²) in [4.78, 5) is 6.80. The van der Waals surface area contributed by atoms with Gasteiger partial charge in [-0.3, -0.25) is 4.99 Å². The van der Waals surface area contributed by atoms with Crippen LogP contribution in [-0.4, -0.2) is 23.2 Å². The molecule has 1 aliphatic rings. The minimum Gasteiger partial charge on any atom is -0.369 e. The molecule has 0 aromatic carbocycles. The Balaban J connectivity index is 2.71. The molecule has 0 radical (unpaired) electrons. The van der Waals surface area contributed by atoms with Gasteiger partial charge in [0.2, 0.25) is 0 Å². The van der Waals surface area contributed by atoms with E-state index in [0.717, 1.165) is 18.0 Å². The number of nitrogens with zero attached hydrogens (tertiary/aromatic N) is 2. The Morgan fingerprint density at radius 3 is 2.35 bits per heavy atom. The molecule has 1 fully saturated rings. The van der Waals surface area contributed by atoms with Crippen LogP contribution in [0.2, 0.25) is 0 Å². The lowest BCUT2D eigenvalue weighted by atomic mass is 10.1. The molecule has 1 rings (SSSR count). The summed E-state index contributed by atoms with van der Waals surface area (Å²) in [6, 6.07) is 0.697. The number of aliphatic imine (C=N–C) groups is 1. The maximum atomic E-state index is 4.36. The maximum absolute atomic E-state index is 4.36. The van der Waals surface area contributed by atoms with Crippen LogP contribution in [0.4, 0.5) is 0 Å². The van der Waals surface area contributed by atoms with Crippen LogP contribution in [-0.2, 0) is 0 Å². The fourth-order valence-corrected chi connectivity index (χ4v) is 2.41. The second kappa shape index (κ2) is 6.63. The first-order valence-electron chi connectivity index (χ1n) is 6.70. The Labute approximate surface area is 106 Å². The van der Waals surface area contributed by atoms with Gasteiger partial charge in [0, 0.05) is 30.2 Å². The first-order valence-corrected chi connectivity index (χ1v) is 6.70. The second-order valence-corrected chi connectivity index (χ2v) is 5.06. The van der Waals surface area contributed by atoms with Gasteiger partial charge in [0.1, 0.15) is 0 Å². The molecule has 0 unspecified atom stereocenters. The molecule has 0 heterocycles. The van der Waals surface area contributed by atoms with Gasteiger partial charge in [0.15, 0.2) is 0 Å². The highest BCUT2D eigenvalue weighted by atomic mass is 15.2. The molecule has 0 N–H and O–H groups in total. The zero-order chi connectivity index (χ0) is 12.8.